The Hall–Kier alpha value is -6.42. The van der Waals surface area contributed by atoms with Crippen molar-refractivity contribution in [1.29, 1.82) is 0 Å². The zero-order valence-corrected chi connectivity index (χ0v) is 28.6. The summed E-state index contributed by atoms with van der Waals surface area (Å²) in [5, 5.41) is 5.07. The van der Waals surface area contributed by atoms with Crippen molar-refractivity contribution in [3.63, 3.8) is 0 Å². The van der Waals surface area contributed by atoms with Gasteiger partial charge in [0, 0.05) is 53.6 Å². The van der Waals surface area contributed by atoms with Crippen molar-refractivity contribution in [3.05, 3.63) is 194 Å². The third-order valence-electron chi connectivity index (χ3n) is 9.99. The Morgan fingerprint density at radius 3 is 1.78 bits per heavy atom. The summed E-state index contributed by atoms with van der Waals surface area (Å²) in [6.07, 6.45) is 0. The second-order valence-electron chi connectivity index (χ2n) is 12.9. The smallest absolute Gasteiger partial charge is 0.0640 e. The van der Waals surface area contributed by atoms with E-state index in [4.69, 9.17) is 0 Å². The van der Waals surface area contributed by atoms with Gasteiger partial charge >= 0.3 is 0 Å². The Bertz CT molecular complexity index is 2830. The number of rotatable bonds is 6. The average molecular weight is 669 g/mol. The summed E-state index contributed by atoms with van der Waals surface area (Å²) in [5.41, 5.74) is 11.7. The zero-order valence-electron chi connectivity index (χ0n) is 27.8. The highest BCUT2D eigenvalue weighted by molar-refractivity contribution is 7.25. The third-order valence-corrected chi connectivity index (χ3v) is 11.1. The molecule has 0 atom stereocenters. The summed E-state index contributed by atoms with van der Waals surface area (Å²) in [6.45, 7) is 0. The molecule has 0 saturated heterocycles. The lowest BCUT2D eigenvalue weighted by molar-refractivity contribution is 1.18. The highest BCUT2D eigenvalue weighted by atomic mass is 32.1. The zero-order chi connectivity index (χ0) is 33.7. The molecule has 240 valence electrons. The first kappa shape index (κ1) is 29.5. The molecule has 51 heavy (non-hydrogen) atoms. The largest absolute Gasteiger partial charge is 0.310 e. The fourth-order valence-electron chi connectivity index (χ4n) is 7.67. The molecule has 2 heterocycles. The van der Waals surface area contributed by atoms with Crippen molar-refractivity contribution in [2.24, 2.45) is 0 Å². The van der Waals surface area contributed by atoms with Crippen molar-refractivity contribution in [3.8, 4) is 27.9 Å². The second-order valence-corrected chi connectivity index (χ2v) is 14.0. The van der Waals surface area contributed by atoms with Gasteiger partial charge in [-0.15, -0.1) is 11.3 Å². The molecular formula is C48H32N2S. The van der Waals surface area contributed by atoms with E-state index in [2.05, 4.69) is 204 Å². The Morgan fingerprint density at radius 1 is 0.412 bits per heavy atom. The normalized spacial score (nSPS) is 11.5. The molecule has 2 nitrogen and oxygen atoms in total. The van der Waals surface area contributed by atoms with Gasteiger partial charge in [0.1, 0.15) is 0 Å². The van der Waals surface area contributed by atoms with Crippen LogP contribution < -0.4 is 4.90 Å². The van der Waals surface area contributed by atoms with Crippen LogP contribution in [0.15, 0.2) is 194 Å². The van der Waals surface area contributed by atoms with E-state index in [0.29, 0.717) is 0 Å². The van der Waals surface area contributed by atoms with E-state index in [9.17, 15) is 0 Å². The van der Waals surface area contributed by atoms with E-state index in [-0.39, 0.29) is 0 Å². The van der Waals surface area contributed by atoms with Crippen molar-refractivity contribution >= 4 is 70.4 Å². The Balaban J connectivity index is 1.27. The molecule has 0 saturated carbocycles. The van der Waals surface area contributed by atoms with Gasteiger partial charge in [-0.05, 0) is 77.4 Å². The van der Waals surface area contributed by atoms with Gasteiger partial charge in [0.15, 0.2) is 0 Å². The van der Waals surface area contributed by atoms with Gasteiger partial charge in [-0.2, -0.15) is 0 Å². The molecule has 0 N–H and O–H groups in total. The highest BCUT2D eigenvalue weighted by Crippen LogP contribution is 2.48. The molecule has 2 aromatic heterocycles. The number of anilines is 3. The topological polar surface area (TPSA) is 8.17 Å². The molecule has 10 aromatic rings. The average Bonchev–Trinajstić information content (AvgIpc) is 3.75. The number of hydrogen-bond acceptors (Lipinski definition) is 2. The molecule has 0 radical (unpaired) electrons. The van der Waals surface area contributed by atoms with Crippen LogP contribution in [0, 0.1) is 0 Å². The van der Waals surface area contributed by atoms with Gasteiger partial charge in [0.25, 0.3) is 0 Å². The van der Waals surface area contributed by atoms with Crippen LogP contribution in [-0.4, -0.2) is 4.57 Å². The van der Waals surface area contributed by atoms with Crippen molar-refractivity contribution < 1.29 is 0 Å². The molecule has 0 unspecified atom stereocenters. The molecule has 0 fully saturated rings. The summed E-state index contributed by atoms with van der Waals surface area (Å²) in [7, 11) is 0. The number of para-hydroxylation sites is 3. The molecule has 8 aromatic carbocycles. The van der Waals surface area contributed by atoms with E-state index in [1.165, 1.54) is 64.2 Å². The fourth-order valence-corrected chi connectivity index (χ4v) is 8.82. The molecule has 0 aliphatic rings. The Kier molecular flexibility index (Phi) is 7.04. The second kappa shape index (κ2) is 12.2. The van der Waals surface area contributed by atoms with Gasteiger partial charge in [-0.1, -0.05) is 133 Å². The standard InChI is InChI=1S/C48H32N2S/c1-4-14-33(15-5-1)34-24-27-38(28-25-34)49(36-16-6-2-7-17-36)44-31-30-39(35-26-29-41-40-20-11-13-23-45(40)51-46(41)32-35)48-47(44)42-21-10-12-22-43(42)50(48)37-18-8-3-9-19-37/h1-32H. The van der Waals surface area contributed by atoms with Crippen LogP contribution in [-0.2, 0) is 0 Å². The van der Waals surface area contributed by atoms with Crippen LogP contribution in [0.3, 0.4) is 0 Å². The van der Waals surface area contributed by atoms with E-state index in [1.807, 2.05) is 11.3 Å². The lowest BCUT2D eigenvalue weighted by atomic mass is 9.98. The van der Waals surface area contributed by atoms with Crippen LogP contribution >= 0.6 is 11.3 Å². The summed E-state index contributed by atoms with van der Waals surface area (Å²) in [6, 6.07) is 70.3. The summed E-state index contributed by atoms with van der Waals surface area (Å²) in [4.78, 5) is 2.41. The number of hydrogen-bond donors (Lipinski definition) is 0. The van der Waals surface area contributed by atoms with Crippen molar-refractivity contribution in [2.75, 3.05) is 4.90 Å². The minimum absolute atomic E-state index is 1.11. The maximum atomic E-state index is 2.46. The molecule has 0 aliphatic heterocycles. The SMILES string of the molecule is c1ccc(-c2ccc(N(c3ccccc3)c3ccc(-c4ccc5c(c4)sc4ccccc45)c4c3c3ccccc3n4-c3ccccc3)cc2)cc1. The lowest BCUT2D eigenvalue weighted by Crippen LogP contribution is -2.10. The molecule has 10 rings (SSSR count). The first-order chi connectivity index (χ1) is 25.3. The number of benzene rings is 8. The van der Waals surface area contributed by atoms with Gasteiger partial charge in [0.05, 0.1) is 16.7 Å². The number of aromatic nitrogens is 1. The van der Waals surface area contributed by atoms with E-state index in [1.54, 1.807) is 0 Å². The Morgan fingerprint density at radius 2 is 1.00 bits per heavy atom. The van der Waals surface area contributed by atoms with Gasteiger partial charge in [-0.3, -0.25) is 0 Å². The first-order valence-corrected chi connectivity index (χ1v) is 18.2. The summed E-state index contributed by atoms with van der Waals surface area (Å²) in [5.74, 6) is 0. The van der Waals surface area contributed by atoms with Crippen LogP contribution in [0.25, 0.3) is 69.9 Å². The van der Waals surface area contributed by atoms with E-state index < -0.39 is 0 Å². The Labute approximate surface area is 300 Å². The van der Waals surface area contributed by atoms with Crippen LogP contribution in [0.4, 0.5) is 17.1 Å². The number of nitrogens with zero attached hydrogens (tertiary/aromatic N) is 2. The van der Waals surface area contributed by atoms with Gasteiger partial charge in [-0.25, -0.2) is 0 Å². The van der Waals surface area contributed by atoms with Crippen LogP contribution in [0.5, 0.6) is 0 Å². The predicted molar refractivity (Wildman–Crippen MR) is 219 cm³/mol. The third kappa shape index (κ3) is 4.93. The van der Waals surface area contributed by atoms with Gasteiger partial charge in [0.2, 0.25) is 0 Å². The van der Waals surface area contributed by atoms with Crippen molar-refractivity contribution in [2.45, 2.75) is 0 Å². The van der Waals surface area contributed by atoms with E-state index in [0.717, 1.165) is 22.7 Å². The van der Waals surface area contributed by atoms with Gasteiger partial charge < -0.3 is 9.47 Å². The lowest BCUT2D eigenvalue weighted by Gasteiger charge is -2.27. The maximum absolute atomic E-state index is 2.46. The number of thiophene rings is 1. The summed E-state index contributed by atoms with van der Waals surface area (Å²) >= 11 is 1.87. The first-order valence-electron chi connectivity index (χ1n) is 17.4. The molecule has 0 spiro atoms. The van der Waals surface area contributed by atoms with Crippen LogP contribution in [0.2, 0.25) is 0 Å². The molecule has 0 amide bonds. The van der Waals surface area contributed by atoms with Crippen LogP contribution in [0.1, 0.15) is 0 Å². The maximum Gasteiger partial charge on any atom is 0.0640 e. The monoisotopic (exact) mass is 668 g/mol. The molecule has 3 heteroatoms. The van der Waals surface area contributed by atoms with Crippen molar-refractivity contribution in [1.82, 2.24) is 4.57 Å². The number of fused-ring (bicyclic) bond motifs is 6. The molecule has 0 aliphatic carbocycles. The fraction of sp³-hybridized carbons (Fsp3) is 0. The predicted octanol–water partition coefficient (Wildman–Crippen LogP) is 14.0. The minimum atomic E-state index is 1.11. The molecular weight excluding hydrogens is 637 g/mol. The summed E-state index contributed by atoms with van der Waals surface area (Å²) < 4.78 is 5.08. The highest BCUT2D eigenvalue weighted by Gasteiger charge is 2.24. The minimum Gasteiger partial charge on any atom is -0.310 e. The quantitative estimate of drug-likeness (QED) is 0.171. The molecule has 0 bridgehead atoms. The van der Waals surface area contributed by atoms with E-state index >= 15 is 0 Å².